The van der Waals surface area contributed by atoms with Crippen molar-refractivity contribution in [3.63, 3.8) is 0 Å². The summed E-state index contributed by atoms with van der Waals surface area (Å²) in [5, 5.41) is 13.3. The third-order valence-corrected chi connectivity index (χ3v) is 3.81. The van der Waals surface area contributed by atoms with Crippen molar-refractivity contribution in [1.82, 2.24) is 5.32 Å². The van der Waals surface area contributed by atoms with Crippen LogP contribution in [-0.4, -0.2) is 31.0 Å². The van der Waals surface area contributed by atoms with Gasteiger partial charge >= 0.3 is 0 Å². The molecular weight excluding hydrogens is 274 g/mol. The van der Waals surface area contributed by atoms with E-state index in [-0.39, 0.29) is 18.2 Å². The van der Waals surface area contributed by atoms with Crippen molar-refractivity contribution in [3.8, 4) is 0 Å². The van der Waals surface area contributed by atoms with E-state index in [2.05, 4.69) is 24.4 Å². The largest absolute Gasteiger partial charge is 0.394 e. The number of aliphatic hydroxyl groups is 1. The second-order valence-electron chi connectivity index (χ2n) is 5.95. The van der Waals surface area contributed by atoms with Gasteiger partial charge in [0.25, 0.3) is 0 Å². The molecule has 0 radical (unpaired) electrons. The van der Waals surface area contributed by atoms with Crippen LogP contribution >= 0.6 is 0 Å². The fourth-order valence-corrected chi connectivity index (χ4v) is 2.85. The minimum absolute atomic E-state index is 0.0537. The summed E-state index contributed by atoms with van der Waals surface area (Å²) in [6.07, 6.45) is 0.838. The molecule has 0 spiro atoms. The van der Waals surface area contributed by atoms with Gasteiger partial charge in [-0.25, -0.2) is 0 Å². The average Bonchev–Trinajstić information content (AvgIpc) is 2.54. The summed E-state index contributed by atoms with van der Waals surface area (Å²) >= 11 is 0. The van der Waals surface area contributed by atoms with Crippen LogP contribution in [0.3, 0.4) is 0 Å². The van der Waals surface area contributed by atoms with E-state index in [1.54, 1.807) is 7.11 Å². The molecule has 0 saturated carbocycles. The Bertz CT molecular complexity index is 544. The Morgan fingerprint density at radius 1 is 1.05 bits per heavy atom. The van der Waals surface area contributed by atoms with Crippen molar-refractivity contribution in [2.24, 2.45) is 0 Å². The number of ether oxygens (including phenoxy) is 1. The molecule has 2 N–H and O–H groups in total. The van der Waals surface area contributed by atoms with Crippen molar-refractivity contribution >= 4 is 0 Å². The van der Waals surface area contributed by atoms with E-state index in [4.69, 9.17) is 4.74 Å². The van der Waals surface area contributed by atoms with Crippen molar-refractivity contribution < 1.29 is 9.84 Å². The van der Waals surface area contributed by atoms with E-state index >= 15 is 0 Å². The smallest absolute Gasteiger partial charge is 0.0645 e. The van der Waals surface area contributed by atoms with Crippen LogP contribution in [0.1, 0.15) is 24.1 Å². The van der Waals surface area contributed by atoms with Crippen LogP contribution in [0, 0.1) is 0 Å². The monoisotopic (exact) mass is 299 g/mol. The first-order valence-corrected chi connectivity index (χ1v) is 7.63. The molecule has 0 amide bonds. The molecule has 3 nitrogen and oxygen atoms in total. The predicted octanol–water partition coefficient (Wildman–Crippen LogP) is 2.96. The van der Waals surface area contributed by atoms with Crippen LogP contribution in [0.4, 0.5) is 0 Å². The van der Waals surface area contributed by atoms with Crippen molar-refractivity contribution in [2.45, 2.75) is 24.9 Å². The molecular formula is C19H25NO2. The van der Waals surface area contributed by atoms with E-state index in [0.717, 1.165) is 12.0 Å². The number of methoxy groups -OCH3 is 1. The number of hydrogen-bond donors (Lipinski definition) is 2. The zero-order valence-corrected chi connectivity index (χ0v) is 13.3. The molecule has 0 fully saturated rings. The third kappa shape index (κ3) is 4.67. The SMILES string of the molecule is COC[C@](C)(Cc1ccccc1)N[C@H](CO)c1ccccc1. The highest BCUT2D eigenvalue weighted by atomic mass is 16.5. The van der Waals surface area contributed by atoms with Crippen LogP contribution in [0.5, 0.6) is 0 Å². The zero-order chi connectivity index (χ0) is 15.8. The maximum Gasteiger partial charge on any atom is 0.0645 e. The molecule has 2 aromatic carbocycles. The summed E-state index contributed by atoms with van der Waals surface area (Å²) in [5.41, 5.74) is 2.08. The van der Waals surface area contributed by atoms with Gasteiger partial charge in [0, 0.05) is 12.6 Å². The lowest BCUT2D eigenvalue weighted by Gasteiger charge is -2.34. The molecule has 3 heteroatoms. The molecule has 0 aliphatic rings. The first-order chi connectivity index (χ1) is 10.7. The molecule has 118 valence electrons. The Morgan fingerprint density at radius 3 is 2.18 bits per heavy atom. The summed E-state index contributed by atoms with van der Waals surface area (Å²) < 4.78 is 5.42. The highest BCUT2D eigenvalue weighted by molar-refractivity contribution is 5.21. The molecule has 2 rings (SSSR count). The van der Waals surface area contributed by atoms with Gasteiger partial charge in [0.2, 0.25) is 0 Å². The second kappa shape index (κ2) is 8.08. The lowest BCUT2D eigenvalue weighted by Crippen LogP contribution is -2.50. The van der Waals surface area contributed by atoms with Crippen LogP contribution in [0.15, 0.2) is 60.7 Å². The topological polar surface area (TPSA) is 41.5 Å². The van der Waals surface area contributed by atoms with Crippen molar-refractivity contribution in [2.75, 3.05) is 20.3 Å². The molecule has 22 heavy (non-hydrogen) atoms. The van der Waals surface area contributed by atoms with E-state index in [9.17, 15) is 5.11 Å². The van der Waals surface area contributed by atoms with Gasteiger partial charge in [-0.2, -0.15) is 0 Å². The molecule has 2 aromatic rings. The average molecular weight is 299 g/mol. The number of nitrogens with one attached hydrogen (secondary N) is 1. The van der Waals surface area contributed by atoms with Gasteiger partial charge < -0.3 is 15.2 Å². The van der Waals surface area contributed by atoms with Gasteiger partial charge in [-0.15, -0.1) is 0 Å². The minimum Gasteiger partial charge on any atom is -0.394 e. The van der Waals surface area contributed by atoms with Gasteiger partial charge in [0.05, 0.1) is 19.3 Å². The fourth-order valence-electron chi connectivity index (χ4n) is 2.85. The number of benzene rings is 2. The van der Waals surface area contributed by atoms with Gasteiger partial charge in [0.1, 0.15) is 0 Å². The lowest BCUT2D eigenvalue weighted by molar-refractivity contribution is 0.0990. The van der Waals surface area contributed by atoms with Crippen LogP contribution < -0.4 is 5.32 Å². The molecule has 0 unspecified atom stereocenters. The van der Waals surface area contributed by atoms with Gasteiger partial charge in [-0.05, 0) is 24.5 Å². The van der Waals surface area contributed by atoms with E-state index < -0.39 is 0 Å². The molecule has 0 heterocycles. The summed E-state index contributed by atoms with van der Waals surface area (Å²) in [4.78, 5) is 0. The summed E-state index contributed by atoms with van der Waals surface area (Å²) in [6.45, 7) is 2.76. The Morgan fingerprint density at radius 2 is 1.64 bits per heavy atom. The number of aliphatic hydroxyl groups excluding tert-OH is 1. The van der Waals surface area contributed by atoms with Crippen molar-refractivity contribution in [3.05, 3.63) is 71.8 Å². The third-order valence-electron chi connectivity index (χ3n) is 3.81. The van der Waals surface area contributed by atoms with Gasteiger partial charge in [-0.3, -0.25) is 0 Å². The fraction of sp³-hybridized carbons (Fsp3) is 0.368. The van der Waals surface area contributed by atoms with E-state index in [0.29, 0.717) is 6.61 Å². The van der Waals surface area contributed by atoms with Crippen LogP contribution in [0.2, 0.25) is 0 Å². The number of hydrogen-bond acceptors (Lipinski definition) is 3. The van der Waals surface area contributed by atoms with Crippen LogP contribution in [0.25, 0.3) is 0 Å². The Kier molecular flexibility index (Phi) is 6.13. The van der Waals surface area contributed by atoms with Crippen molar-refractivity contribution in [1.29, 1.82) is 0 Å². The molecule has 0 aliphatic heterocycles. The molecule has 0 aliphatic carbocycles. The maximum absolute atomic E-state index is 9.77. The second-order valence-corrected chi connectivity index (χ2v) is 5.95. The van der Waals surface area contributed by atoms with Crippen LogP contribution in [-0.2, 0) is 11.2 Å². The standard InChI is InChI=1S/C19H25NO2/c1-19(15-22-2,13-16-9-5-3-6-10-16)20-18(14-21)17-11-7-4-8-12-17/h3-12,18,20-21H,13-15H2,1-2H3/t18-,19+/m1/s1. The van der Waals surface area contributed by atoms with E-state index in [1.807, 2.05) is 48.5 Å². The Labute approximate surface area is 133 Å². The minimum atomic E-state index is -0.251. The lowest BCUT2D eigenvalue weighted by atomic mass is 9.91. The Hall–Kier alpha value is -1.68. The first-order valence-electron chi connectivity index (χ1n) is 7.63. The first kappa shape index (κ1) is 16.7. The number of rotatable bonds is 8. The summed E-state index contributed by atoms with van der Waals surface area (Å²) in [5.74, 6) is 0. The highest BCUT2D eigenvalue weighted by Crippen LogP contribution is 2.20. The van der Waals surface area contributed by atoms with E-state index in [1.165, 1.54) is 5.56 Å². The highest BCUT2D eigenvalue weighted by Gasteiger charge is 2.28. The Balaban J connectivity index is 2.15. The van der Waals surface area contributed by atoms with Gasteiger partial charge in [-0.1, -0.05) is 60.7 Å². The van der Waals surface area contributed by atoms with Gasteiger partial charge in [0.15, 0.2) is 0 Å². The molecule has 0 bridgehead atoms. The summed E-state index contributed by atoms with van der Waals surface area (Å²) in [7, 11) is 1.71. The summed E-state index contributed by atoms with van der Waals surface area (Å²) in [6, 6.07) is 20.3. The normalized spacial score (nSPS) is 15.2. The molecule has 2 atom stereocenters. The maximum atomic E-state index is 9.77. The quantitative estimate of drug-likeness (QED) is 0.787. The predicted molar refractivity (Wildman–Crippen MR) is 89.8 cm³/mol. The zero-order valence-electron chi connectivity index (χ0n) is 13.3. The molecule has 0 aromatic heterocycles. The molecule has 0 saturated heterocycles.